The van der Waals surface area contributed by atoms with Crippen molar-refractivity contribution in [2.45, 2.75) is 18.9 Å². The number of carbonyl (C=O) groups excluding carboxylic acids is 2. The predicted octanol–water partition coefficient (Wildman–Crippen LogP) is 1.84. The summed E-state index contributed by atoms with van der Waals surface area (Å²) in [6.07, 6.45) is 0. The number of hydrogen-bond acceptors (Lipinski definition) is 10. The van der Waals surface area contributed by atoms with Gasteiger partial charge in [-0.1, -0.05) is 6.07 Å². The minimum absolute atomic E-state index is 0.157. The number of nitrogens with zero attached hydrogens (tertiary/aromatic N) is 2. The number of carbonyl (C=O) groups is 2. The zero-order valence-corrected chi connectivity index (χ0v) is 18.4. The van der Waals surface area contributed by atoms with E-state index in [1.54, 1.807) is 12.1 Å². The number of nitrogens with one attached hydrogen (secondary N) is 2. The fourth-order valence-corrected chi connectivity index (χ4v) is 3.04. The number of nitro benzene ring substituents is 2. The van der Waals surface area contributed by atoms with Crippen LogP contribution in [-0.2, 0) is 9.59 Å². The first-order valence-corrected chi connectivity index (χ1v) is 9.69. The average Bonchev–Trinajstić information content (AvgIpc) is 2.78. The highest BCUT2D eigenvalue weighted by Crippen LogP contribution is 2.32. The molecule has 4 N–H and O–H groups in total. The fraction of sp³-hybridized carbons (Fsp3) is 0.300. The number of halogens is 1. The van der Waals surface area contributed by atoms with Crippen LogP contribution in [0.5, 0.6) is 11.5 Å². The number of methoxy groups -OCH3 is 2. The summed E-state index contributed by atoms with van der Waals surface area (Å²) in [5, 5.41) is 26.6. The molecule has 0 heterocycles. The molecule has 13 nitrogen and oxygen atoms in total. The average molecular weight is 479 g/mol. The molecule has 0 radical (unpaired) electrons. The van der Waals surface area contributed by atoms with Crippen LogP contribution in [0.25, 0.3) is 0 Å². The van der Waals surface area contributed by atoms with E-state index < -0.39 is 56.5 Å². The van der Waals surface area contributed by atoms with Crippen LogP contribution >= 0.6 is 0 Å². The van der Waals surface area contributed by atoms with Gasteiger partial charge in [0.2, 0.25) is 17.6 Å². The Kier molecular flexibility index (Phi) is 8.39. The van der Waals surface area contributed by atoms with Crippen LogP contribution in [0, 0.1) is 26.0 Å². The Hall–Kier alpha value is -4.33. The van der Waals surface area contributed by atoms with Crippen molar-refractivity contribution in [1.82, 2.24) is 5.32 Å². The highest BCUT2D eigenvalue weighted by Gasteiger charge is 2.28. The first kappa shape index (κ1) is 25.9. The van der Waals surface area contributed by atoms with E-state index in [2.05, 4.69) is 10.6 Å². The van der Waals surface area contributed by atoms with E-state index in [9.17, 15) is 34.2 Å². The third-order valence-corrected chi connectivity index (χ3v) is 4.83. The first-order chi connectivity index (χ1) is 16.0. The Morgan fingerprint density at radius 2 is 1.65 bits per heavy atom. The lowest BCUT2D eigenvalue weighted by Crippen LogP contribution is -2.44. The van der Waals surface area contributed by atoms with Crippen molar-refractivity contribution in [2.75, 3.05) is 26.1 Å². The molecule has 2 aromatic carbocycles. The second-order valence-corrected chi connectivity index (χ2v) is 6.96. The number of ether oxygens (including phenoxy) is 2. The number of anilines is 1. The van der Waals surface area contributed by atoms with Crippen molar-refractivity contribution in [3.8, 4) is 11.5 Å². The van der Waals surface area contributed by atoms with Crippen LogP contribution in [0.15, 0.2) is 30.3 Å². The van der Waals surface area contributed by atoms with Gasteiger partial charge >= 0.3 is 5.69 Å². The van der Waals surface area contributed by atoms with Gasteiger partial charge in [-0.2, -0.15) is 4.39 Å². The van der Waals surface area contributed by atoms with Gasteiger partial charge in [0.1, 0.15) is 11.7 Å². The number of hydrogen-bond donors (Lipinski definition) is 3. The van der Waals surface area contributed by atoms with Crippen molar-refractivity contribution >= 4 is 28.9 Å². The second-order valence-electron chi connectivity index (χ2n) is 6.96. The highest BCUT2D eigenvalue weighted by atomic mass is 19.1. The molecular weight excluding hydrogens is 457 g/mol. The largest absolute Gasteiger partial charge is 0.493 e. The van der Waals surface area contributed by atoms with Gasteiger partial charge < -0.3 is 20.5 Å². The monoisotopic (exact) mass is 479 g/mol. The van der Waals surface area contributed by atoms with Crippen LogP contribution < -0.4 is 25.8 Å². The highest BCUT2D eigenvalue weighted by molar-refractivity contribution is 6.01. The predicted molar refractivity (Wildman–Crippen MR) is 117 cm³/mol. The molecule has 0 saturated heterocycles. The maximum atomic E-state index is 14.0. The summed E-state index contributed by atoms with van der Waals surface area (Å²) in [4.78, 5) is 45.2. The van der Waals surface area contributed by atoms with Gasteiger partial charge in [-0.25, -0.2) is 0 Å². The number of amides is 2. The topological polar surface area (TPSA) is 189 Å². The van der Waals surface area contributed by atoms with Crippen LogP contribution in [0.4, 0.5) is 21.5 Å². The SMILES string of the molecule is COc1ccc([C@@H](CN)C(=O)NC(=O)[C@H](C)Nc2cc(F)c([N+](=O)[O-])cc2[N+](=O)[O-])cc1OC. The van der Waals surface area contributed by atoms with Crippen molar-refractivity contribution in [3.05, 3.63) is 61.9 Å². The number of rotatable bonds is 10. The van der Waals surface area contributed by atoms with Gasteiger partial charge in [0.15, 0.2) is 11.5 Å². The number of imide groups is 1. The maximum Gasteiger partial charge on any atom is 0.311 e. The van der Waals surface area contributed by atoms with E-state index in [1.807, 2.05) is 0 Å². The Balaban J connectivity index is 2.20. The minimum atomic E-state index is -1.33. The molecule has 2 aromatic rings. The van der Waals surface area contributed by atoms with Gasteiger partial charge in [-0.15, -0.1) is 0 Å². The zero-order chi connectivity index (χ0) is 25.6. The normalized spacial score (nSPS) is 12.3. The molecule has 2 rings (SSSR count). The van der Waals surface area contributed by atoms with Gasteiger partial charge in [-0.3, -0.25) is 35.1 Å². The third kappa shape index (κ3) is 5.72. The first-order valence-electron chi connectivity index (χ1n) is 9.69. The van der Waals surface area contributed by atoms with E-state index >= 15 is 0 Å². The molecular formula is C20H22FN5O8. The summed E-state index contributed by atoms with van der Waals surface area (Å²) in [6.45, 7) is 1.11. The van der Waals surface area contributed by atoms with Gasteiger partial charge in [0.25, 0.3) is 5.69 Å². The summed E-state index contributed by atoms with van der Waals surface area (Å²) >= 11 is 0. The summed E-state index contributed by atoms with van der Waals surface area (Å²) in [7, 11) is 2.86. The Morgan fingerprint density at radius 1 is 1.03 bits per heavy atom. The van der Waals surface area contributed by atoms with Crippen molar-refractivity contribution in [1.29, 1.82) is 0 Å². The van der Waals surface area contributed by atoms with E-state index in [0.29, 0.717) is 29.2 Å². The molecule has 14 heteroatoms. The fourth-order valence-electron chi connectivity index (χ4n) is 3.04. The molecule has 0 aromatic heterocycles. The van der Waals surface area contributed by atoms with Crippen molar-refractivity contribution < 1.29 is 33.3 Å². The standard InChI is InChI=1S/C20H22FN5O8/c1-10(23-14-7-13(21)15(25(29)30)8-16(14)26(31)32)19(27)24-20(28)12(9-22)11-4-5-17(33-2)18(6-11)34-3/h4-8,10,12,23H,9,22H2,1-3H3,(H,24,27,28)/t10-,12+/m0/s1. The number of benzene rings is 2. The van der Waals surface area contributed by atoms with E-state index in [0.717, 1.165) is 0 Å². The van der Waals surface area contributed by atoms with Crippen LogP contribution in [-0.4, -0.2) is 48.5 Å². The quantitative estimate of drug-likeness (QED) is 0.335. The molecule has 182 valence electrons. The lowest BCUT2D eigenvalue weighted by molar-refractivity contribution is -0.395. The maximum absolute atomic E-state index is 14.0. The summed E-state index contributed by atoms with van der Waals surface area (Å²) in [5.41, 5.74) is 3.78. The Morgan fingerprint density at radius 3 is 2.18 bits per heavy atom. The smallest absolute Gasteiger partial charge is 0.311 e. The molecule has 0 unspecified atom stereocenters. The lowest BCUT2D eigenvalue weighted by atomic mass is 9.97. The van der Waals surface area contributed by atoms with E-state index in [4.69, 9.17) is 15.2 Å². The molecule has 0 spiro atoms. The van der Waals surface area contributed by atoms with Crippen LogP contribution in [0.3, 0.4) is 0 Å². The summed E-state index contributed by atoms with van der Waals surface area (Å²) in [5.74, 6) is -3.15. The second kappa shape index (κ2) is 11.0. The van der Waals surface area contributed by atoms with Gasteiger partial charge in [-0.05, 0) is 24.6 Å². The summed E-state index contributed by atoms with van der Waals surface area (Å²) in [6, 6.07) is 4.40. The molecule has 0 aliphatic rings. The van der Waals surface area contributed by atoms with E-state index in [-0.39, 0.29) is 6.54 Å². The van der Waals surface area contributed by atoms with Gasteiger partial charge in [0.05, 0.1) is 36.1 Å². The minimum Gasteiger partial charge on any atom is -0.493 e. The Bertz CT molecular complexity index is 1130. The molecule has 0 bridgehead atoms. The van der Waals surface area contributed by atoms with Crippen molar-refractivity contribution in [2.24, 2.45) is 5.73 Å². The van der Waals surface area contributed by atoms with Crippen LogP contribution in [0.1, 0.15) is 18.4 Å². The van der Waals surface area contributed by atoms with E-state index in [1.165, 1.54) is 27.2 Å². The molecule has 0 fully saturated rings. The lowest BCUT2D eigenvalue weighted by Gasteiger charge is -2.19. The Labute approximate surface area is 192 Å². The molecule has 34 heavy (non-hydrogen) atoms. The third-order valence-electron chi connectivity index (χ3n) is 4.83. The molecule has 0 saturated carbocycles. The van der Waals surface area contributed by atoms with Gasteiger partial charge in [0, 0.05) is 12.6 Å². The zero-order valence-electron chi connectivity index (χ0n) is 18.4. The molecule has 2 atom stereocenters. The van der Waals surface area contributed by atoms with Crippen molar-refractivity contribution in [3.63, 3.8) is 0 Å². The molecule has 0 aliphatic carbocycles. The van der Waals surface area contributed by atoms with Crippen LogP contribution in [0.2, 0.25) is 0 Å². The number of nitrogens with two attached hydrogens (primary N) is 1. The number of nitro groups is 2. The summed E-state index contributed by atoms with van der Waals surface area (Å²) < 4.78 is 24.3. The molecule has 2 amide bonds. The molecule has 0 aliphatic heterocycles.